The molecular formula is C14H10N4O3. The smallest absolute Gasteiger partial charge is 0.269 e. The molecule has 7 heteroatoms. The minimum absolute atomic E-state index is 0.00946. The van der Waals surface area contributed by atoms with E-state index in [9.17, 15) is 15.2 Å². The molecule has 0 aliphatic heterocycles. The molecule has 0 radical (unpaired) electrons. The fourth-order valence-electron chi connectivity index (χ4n) is 1.92. The first-order valence-corrected chi connectivity index (χ1v) is 6.11. The van der Waals surface area contributed by atoms with E-state index in [4.69, 9.17) is 0 Å². The lowest BCUT2D eigenvalue weighted by Crippen LogP contribution is -1.87. The van der Waals surface area contributed by atoms with E-state index in [2.05, 4.69) is 15.2 Å². The molecule has 0 aliphatic carbocycles. The Balaban J connectivity index is 1.95. The van der Waals surface area contributed by atoms with Crippen LogP contribution in [-0.2, 0) is 0 Å². The predicted molar refractivity (Wildman–Crippen MR) is 75.6 cm³/mol. The minimum atomic E-state index is -0.463. The summed E-state index contributed by atoms with van der Waals surface area (Å²) in [6.45, 7) is 0. The maximum Gasteiger partial charge on any atom is 0.269 e. The number of nitro groups is 1. The molecule has 0 unspecified atom stereocenters. The molecule has 1 aromatic heterocycles. The summed E-state index contributed by atoms with van der Waals surface area (Å²) in [7, 11) is 0. The zero-order chi connectivity index (χ0) is 14.8. The van der Waals surface area contributed by atoms with Gasteiger partial charge in [-0.2, -0.15) is 5.10 Å². The van der Waals surface area contributed by atoms with Crippen LogP contribution in [0, 0.1) is 10.1 Å². The van der Waals surface area contributed by atoms with Gasteiger partial charge in [0.1, 0.15) is 5.75 Å². The molecule has 0 saturated heterocycles. The van der Waals surface area contributed by atoms with Gasteiger partial charge in [0.2, 0.25) is 0 Å². The highest BCUT2D eigenvalue weighted by Crippen LogP contribution is 2.27. The Morgan fingerprint density at radius 1 is 1.10 bits per heavy atom. The van der Waals surface area contributed by atoms with Gasteiger partial charge in [-0.25, -0.2) is 4.98 Å². The van der Waals surface area contributed by atoms with E-state index in [1.54, 1.807) is 36.4 Å². The number of aromatic nitrogens is 3. The summed E-state index contributed by atoms with van der Waals surface area (Å²) < 4.78 is 0. The molecule has 7 nitrogen and oxygen atoms in total. The average Bonchev–Trinajstić information content (AvgIpc) is 2.97. The Hall–Kier alpha value is -3.22. The second-order valence-corrected chi connectivity index (χ2v) is 4.33. The van der Waals surface area contributed by atoms with Crippen LogP contribution in [0.4, 0.5) is 5.69 Å². The number of nitrogens with zero attached hydrogens (tertiary/aromatic N) is 3. The van der Waals surface area contributed by atoms with Crippen molar-refractivity contribution < 1.29 is 10.0 Å². The maximum absolute atomic E-state index is 10.6. The van der Waals surface area contributed by atoms with Crippen LogP contribution in [-0.4, -0.2) is 25.2 Å². The summed E-state index contributed by atoms with van der Waals surface area (Å²) in [5.41, 5.74) is 1.20. The number of para-hydroxylation sites is 1. The van der Waals surface area contributed by atoms with Crippen LogP contribution in [0.3, 0.4) is 0 Å². The molecule has 1 heterocycles. The number of hydrogen-bond acceptors (Lipinski definition) is 5. The lowest BCUT2D eigenvalue weighted by Gasteiger charge is -1.98. The molecule has 104 valence electrons. The molecule has 0 saturated carbocycles. The number of nitro benzene ring substituents is 1. The number of benzene rings is 2. The number of H-pyrrole nitrogens is 1. The van der Waals surface area contributed by atoms with Crippen molar-refractivity contribution in [3.8, 4) is 28.5 Å². The van der Waals surface area contributed by atoms with Crippen molar-refractivity contribution in [2.24, 2.45) is 0 Å². The molecule has 0 amide bonds. The summed E-state index contributed by atoms with van der Waals surface area (Å²) in [6, 6.07) is 12.7. The van der Waals surface area contributed by atoms with Gasteiger partial charge in [-0.3, -0.25) is 15.2 Å². The molecule has 3 rings (SSSR count). The fraction of sp³-hybridized carbons (Fsp3) is 0. The molecule has 0 atom stereocenters. The molecule has 0 fully saturated rings. The van der Waals surface area contributed by atoms with Gasteiger partial charge in [0, 0.05) is 17.7 Å². The third kappa shape index (κ3) is 2.44. The van der Waals surface area contributed by atoms with Crippen molar-refractivity contribution in [3.63, 3.8) is 0 Å². The second-order valence-electron chi connectivity index (χ2n) is 4.33. The number of rotatable bonds is 3. The molecule has 2 N–H and O–H groups in total. The Bertz CT molecular complexity index is 796. The Morgan fingerprint density at radius 2 is 1.81 bits per heavy atom. The SMILES string of the molecule is O=[N+]([O-])c1ccc(-c2n[nH]c(-c3ccccc3O)n2)cc1. The first-order valence-electron chi connectivity index (χ1n) is 6.11. The quantitative estimate of drug-likeness (QED) is 0.567. The van der Waals surface area contributed by atoms with Gasteiger partial charge < -0.3 is 5.11 Å². The summed E-state index contributed by atoms with van der Waals surface area (Å²) in [6.07, 6.45) is 0. The molecule has 0 bridgehead atoms. The zero-order valence-electron chi connectivity index (χ0n) is 10.7. The van der Waals surface area contributed by atoms with Crippen molar-refractivity contribution in [1.82, 2.24) is 15.2 Å². The number of nitrogens with one attached hydrogen (secondary N) is 1. The van der Waals surface area contributed by atoms with E-state index in [0.29, 0.717) is 22.8 Å². The Morgan fingerprint density at radius 3 is 2.48 bits per heavy atom. The summed E-state index contributed by atoms with van der Waals surface area (Å²) in [5, 5.41) is 27.2. The Kier molecular flexibility index (Phi) is 3.07. The maximum atomic E-state index is 10.6. The number of hydrogen-bond donors (Lipinski definition) is 2. The van der Waals surface area contributed by atoms with Crippen LogP contribution in [0.2, 0.25) is 0 Å². The fourth-order valence-corrected chi connectivity index (χ4v) is 1.92. The monoisotopic (exact) mass is 282 g/mol. The average molecular weight is 282 g/mol. The number of aromatic amines is 1. The lowest BCUT2D eigenvalue weighted by molar-refractivity contribution is -0.384. The largest absolute Gasteiger partial charge is 0.507 e. The van der Waals surface area contributed by atoms with Crippen molar-refractivity contribution >= 4 is 5.69 Å². The van der Waals surface area contributed by atoms with Crippen molar-refractivity contribution in [2.45, 2.75) is 0 Å². The number of phenolic OH excluding ortho intramolecular Hbond substituents is 1. The number of phenols is 1. The first kappa shape index (κ1) is 12.8. The molecule has 21 heavy (non-hydrogen) atoms. The highest BCUT2D eigenvalue weighted by molar-refractivity contribution is 5.66. The normalized spacial score (nSPS) is 10.5. The van der Waals surface area contributed by atoms with Gasteiger partial charge in [0.25, 0.3) is 5.69 Å². The van der Waals surface area contributed by atoms with Crippen LogP contribution in [0.5, 0.6) is 5.75 Å². The van der Waals surface area contributed by atoms with Crippen LogP contribution in [0.1, 0.15) is 0 Å². The summed E-state index contributed by atoms with van der Waals surface area (Å²) in [4.78, 5) is 14.4. The van der Waals surface area contributed by atoms with E-state index in [1.165, 1.54) is 12.1 Å². The highest BCUT2D eigenvalue weighted by atomic mass is 16.6. The standard InChI is InChI=1S/C14H10N4O3/c19-12-4-2-1-3-11(12)14-15-13(16-17-14)9-5-7-10(8-6-9)18(20)21/h1-8,19H,(H,15,16,17). The van der Waals surface area contributed by atoms with Crippen LogP contribution in [0.15, 0.2) is 48.5 Å². The number of non-ortho nitro benzene ring substituents is 1. The molecule has 3 aromatic rings. The van der Waals surface area contributed by atoms with E-state index >= 15 is 0 Å². The minimum Gasteiger partial charge on any atom is -0.507 e. The Labute approximate surface area is 119 Å². The molecule has 0 aliphatic rings. The lowest BCUT2D eigenvalue weighted by atomic mass is 10.2. The van der Waals surface area contributed by atoms with Gasteiger partial charge in [-0.05, 0) is 24.3 Å². The van der Waals surface area contributed by atoms with Gasteiger partial charge in [-0.1, -0.05) is 12.1 Å². The van der Waals surface area contributed by atoms with Crippen molar-refractivity contribution in [3.05, 3.63) is 58.6 Å². The molecular weight excluding hydrogens is 272 g/mol. The highest BCUT2D eigenvalue weighted by Gasteiger charge is 2.12. The van der Waals surface area contributed by atoms with Crippen LogP contribution >= 0.6 is 0 Å². The number of aromatic hydroxyl groups is 1. The van der Waals surface area contributed by atoms with Gasteiger partial charge in [0.15, 0.2) is 11.6 Å². The van der Waals surface area contributed by atoms with Crippen LogP contribution in [0.25, 0.3) is 22.8 Å². The van der Waals surface area contributed by atoms with E-state index in [1.807, 2.05) is 0 Å². The zero-order valence-corrected chi connectivity index (χ0v) is 10.7. The predicted octanol–water partition coefficient (Wildman–Crippen LogP) is 2.75. The van der Waals surface area contributed by atoms with Crippen molar-refractivity contribution in [1.29, 1.82) is 0 Å². The third-order valence-electron chi connectivity index (χ3n) is 2.98. The van der Waals surface area contributed by atoms with E-state index in [0.717, 1.165) is 0 Å². The topological polar surface area (TPSA) is 105 Å². The summed E-state index contributed by atoms with van der Waals surface area (Å²) >= 11 is 0. The van der Waals surface area contributed by atoms with Gasteiger partial charge in [0.05, 0.1) is 10.5 Å². The van der Waals surface area contributed by atoms with Gasteiger partial charge in [-0.15, -0.1) is 0 Å². The molecule has 0 spiro atoms. The van der Waals surface area contributed by atoms with Crippen molar-refractivity contribution in [2.75, 3.05) is 0 Å². The summed E-state index contributed by atoms with van der Waals surface area (Å²) in [5.74, 6) is 0.938. The van der Waals surface area contributed by atoms with Crippen LogP contribution < -0.4 is 0 Å². The molecule has 2 aromatic carbocycles. The third-order valence-corrected chi connectivity index (χ3v) is 2.98. The second kappa shape index (κ2) is 5.04. The first-order chi connectivity index (χ1) is 10.1. The van der Waals surface area contributed by atoms with E-state index in [-0.39, 0.29) is 11.4 Å². The van der Waals surface area contributed by atoms with Gasteiger partial charge >= 0.3 is 0 Å². The van der Waals surface area contributed by atoms with E-state index < -0.39 is 4.92 Å².